The van der Waals surface area contributed by atoms with Gasteiger partial charge in [-0.25, -0.2) is 0 Å². The SMILES string of the molecule is O=C1C=C(Cc2ccc3c(c2)C(=O)c2ccccc2C3=O)C(=O)CC1. The number of ketones is 4. The Hall–Kier alpha value is -3.14. The molecule has 0 N–H and O–H groups in total. The lowest BCUT2D eigenvalue weighted by Crippen LogP contribution is -2.21. The van der Waals surface area contributed by atoms with Crippen LogP contribution < -0.4 is 0 Å². The number of hydrogen-bond acceptors (Lipinski definition) is 4. The molecule has 0 heterocycles. The molecule has 0 saturated heterocycles. The normalized spacial score (nSPS) is 16.4. The van der Waals surface area contributed by atoms with E-state index in [-0.39, 0.29) is 36.0 Å². The first-order valence-electron chi connectivity index (χ1n) is 8.12. The highest BCUT2D eigenvalue weighted by Crippen LogP contribution is 2.28. The van der Waals surface area contributed by atoms with Crippen molar-refractivity contribution < 1.29 is 19.2 Å². The quantitative estimate of drug-likeness (QED) is 0.724. The molecule has 0 spiro atoms. The van der Waals surface area contributed by atoms with E-state index in [4.69, 9.17) is 0 Å². The predicted octanol–water partition coefficient (Wildman–Crippen LogP) is 2.86. The third-order valence-electron chi connectivity index (χ3n) is 4.68. The van der Waals surface area contributed by atoms with E-state index in [0.717, 1.165) is 5.56 Å². The van der Waals surface area contributed by atoms with E-state index in [9.17, 15) is 19.2 Å². The molecule has 25 heavy (non-hydrogen) atoms. The highest BCUT2D eigenvalue weighted by atomic mass is 16.1. The molecule has 0 amide bonds. The fraction of sp³-hybridized carbons (Fsp3) is 0.143. The number of benzene rings is 2. The van der Waals surface area contributed by atoms with Crippen LogP contribution >= 0.6 is 0 Å². The van der Waals surface area contributed by atoms with Crippen LogP contribution in [-0.4, -0.2) is 23.1 Å². The summed E-state index contributed by atoms with van der Waals surface area (Å²) in [5.74, 6) is -0.440. The van der Waals surface area contributed by atoms with E-state index in [2.05, 4.69) is 0 Å². The third-order valence-corrected chi connectivity index (χ3v) is 4.68. The van der Waals surface area contributed by atoms with Crippen molar-refractivity contribution in [1.82, 2.24) is 0 Å². The lowest BCUT2D eigenvalue weighted by atomic mass is 9.82. The van der Waals surface area contributed by atoms with Crippen LogP contribution in [0.4, 0.5) is 0 Å². The molecule has 4 rings (SSSR count). The van der Waals surface area contributed by atoms with E-state index < -0.39 is 0 Å². The molecular formula is C21H14O4. The van der Waals surface area contributed by atoms with Crippen LogP contribution in [-0.2, 0) is 16.0 Å². The van der Waals surface area contributed by atoms with Crippen molar-refractivity contribution in [3.8, 4) is 0 Å². The average molecular weight is 330 g/mol. The molecular weight excluding hydrogens is 316 g/mol. The summed E-state index contributed by atoms with van der Waals surface area (Å²) in [6.07, 6.45) is 2.19. The summed E-state index contributed by atoms with van der Waals surface area (Å²) < 4.78 is 0. The van der Waals surface area contributed by atoms with Gasteiger partial charge in [0, 0.05) is 47.1 Å². The fourth-order valence-electron chi connectivity index (χ4n) is 3.37. The lowest BCUT2D eigenvalue weighted by Gasteiger charge is -2.18. The Labute approximate surface area is 144 Å². The Kier molecular flexibility index (Phi) is 3.53. The smallest absolute Gasteiger partial charge is 0.194 e. The number of carbonyl (C=O) groups is 4. The minimum Gasteiger partial charge on any atom is -0.295 e. The van der Waals surface area contributed by atoms with Gasteiger partial charge in [-0.15, -0.1) is 0 Å². The second kappa shape index (κ2) is 5.74. The van der Waals surface area contributed by atoms with Gasteiger partial charge in [-0.2, -0.15) is 0 Å². The van der Waals surface area contributed by atoms with Gasteiger partial charge in [-0.1, -0.05) is 36.4 Å². The van der Waals surface area contributed by atoms with Crippen molar-refractivity contribution in [2.75, 3.05) is 0 Å². The second-order valence-corrected chi connectivity index (χ2v) is 6.32. The summed E-state index contributed by atoms with van der Waals surface area (Å²) >= 11 is 0. The highest BCUT2D eigenvalue weighted by molar-refractivity contribution is 6.28. The lowest BCUT2D eigenvalue weighted by molar-refractivity contribution is -0.121. The van der Waals surface area contributed by atoms with Crippen LogP contribution in [0.1, 0.15) is 50.2 Å². The van der Waals surface area contributed by atoms with Crippen LogP contribution in [0.25, 0.3) is 0 Å². The van der Waals surface area contributed by atoms with Crippen molar-refractivity contribution in [2.24, 2.45) is 0 Å². The number of carbonyl (C=O) groups excluding carboxylic acids is 4. The molecule has 0 atom stereocenters. The number of hydrogen-bond donors (Lipinski definition) is 0. The van der Waals surface area contributed by atoms with Gasteiger partial charge >= 0.3 is 0 Å². The van der Waals surface area contributed by atoms with E-state index in [1.54, 1.807) is 42.5 Å². The van der Waals surface area contributed by atoms with Gasteiger partial charge in [-0.3, -0.25) is 19.2 Å². The first-order chi connectivity index (χ1) is 12.0. The van der Waals surface area contributed by atoms with Crippen molar-refractivity contribution in [3.63, 3.8) is 0 Å². The molecule has 2 aromatic carbocycles. The first-order valence-corrected chi connectivity index (χ1v) is 8.12. The Morgan fingerprint density at radius 2 is 1.36 bits per heavy atom. The summed E-state index contributed by atoms with van der Waals surface area (Å²) in [7, 11) is 0. The van der Waals surface area contributed by atoms with E-state index in [1.807, 2.05) is 0 Å². The summed E-state index contributed by atoms with van der Waals surface area (Å²) in [5.41, 5.74) is 2.77. The molecule has 0 bridgehead atoms. The Bertz CT molecular complexity index is 995. The minimum atomic E-state index is -0.188. The van der Waals surface area contributed by atoms with Crippen molar-refractivity contribution in [1.29, 1.82) is 0 Å². The number of Topliss-reactive ketones (excluding diaryl/α,β-unsaturated/α-hetero) is 1. The molecule has 2 aromatic rings. The number of fused-ring (bicyclic) bond motifs is 2. The van der Waals surface area contributed by atoms with Crippen LogP contribution in [0, 0.1) is 0 Å². The van der Waals surface area contributed by atoms with E-state index in [1.165, 1.54) is 6.08 Å². The van der Waals surface area contributed by atoms with Gasteiger partial charge in [0.25, 0.3) is 0 Å². The van der Waals surface area contributed by atoms with Crippen molar-refractivity contribution >= 4 is 23.1 Å². The molecule has 4 heteroatoms. The Morgan fingerprint density at radius 1 is 0.720 bits per heavy atom. The fourth-order valence-corrected chi connectivity index (χ4v) is 3.37. The topological polar surface area (TPSA) is 68.3 Å². The summed E-state index contributed by atoms with van der Waals surface area (Å²) in [6.45, 7) is 0. The molecule has 0 radical (unpaired) electrons. The largest absolute Gasteiger partial charge is 0.295 e. The van der Waals surface area contributed by atoms with Gasteiger partial charge in [0.05, 0.1) is 0 Å². The van der Waals surface area contributed by atoms with Gasteiger partial charge in [0.15, 0.2) is 23.1 Å². The van der Waals surface area contributed by atoms with Gasteiger partial charge in [0.1, 0.15) is 0 Å². The van der Waals surface area contributed by atoms with E-state index >= 15 is 0 Å². The van der Waals surface area contributed by atoms with Gasteiger partial charge in [0.2, 0.25) is 0 Å². The molecule has 0 aliphatic heterocycles. The predicted molar refractivity (Wildman–Crippen MR) is 90.8 cm³/mol. The number of allylic oxidation sites excluding steroid dienone is 2. The maximum Gasteiger partial charge on any atom is 0.194 e. The van der Waals surface area contributed by atoms with Crippen LogP contribution in [0.15, 0.2) is 54.1 Å². The molecule has 2 aliphatic rings. The molecule has 0 aromatic heterocycles. The molecule has 2 aliphatic carbocycles. The second-order valence-electron chi connectivity index (χ2n) is 6.32. The molecule has 0 unspecified atom stereocenters. The zero-order valence-electron chi connectivity index (χ0n) is 13.4. The maximum atomic E-state index is 12.7. The summed E-state index contributed by atoms with van der Waals surface area (Å²) in [5, 5.41) is 0. The van der Waals surface area contributed by atoms with Crippen molar-refractivity contribution in [2.45, 2.75) is 19.3 Å². The maximum absolute atomic E-state index is 12.7. The highest BCUT2D eigenvalue weighted by Gasteiger charge is 2.29. The van der Waals surface area contributed by atoms with Gasteiger partial charge in [-0.05, 0) is 17.7 Å². The summed E-state index contributed by atoms with van der Waals surface area (Å²) in [4.78, 5) is 48.8. The molecule has 0 fully saturated rings. The Morgan fingerprint density at radius 3 is 2.08 bits per heavy atom. The standard InChI is InChI=1S/C21H14O4/c22-14-6-8-19(23)13(11-14)9-12-5-7-17-18(10-12)21(25)16-4-2-1-3-15(16)20(17)24/h1-5,7,10-11H,6,8-9H2. The van der Waals surface area contributed by atoms with Gasteiger partial charge < -0.3 is 0 Å². The van der Waals surface area contributed by atoms with Crippen LogP contribution in [0.2, 0.25) is 0 Å². The first kappa shape index (κ1) is 15.4. The minimum absolute atomic E-state index is 0.0370. The Balaban J connectivity index is 1.73. The van der Waals surface area contributed by atoms with Crippen molar-refractivity contribution in [3.05, 3.63) is 81.9 Å². The van der Waals surface area contributed by atoms with E-state index in [0.29, 0.717) is 34.2 Å². The molecule has 4 nitrogen and oxygen atoms in total. The third kappa shape index (κ3) is 2.56. The van der Waals surface area contributed by atoms with Crippen LogP contribution in [0.5, 0.6) is 0 Å². The average Bonchev–Trinajstić information content (AvgIpc) is 2.63. The van der Waals surface area contributed by atoms with Crippen LogP contribution in [0.3, 0.4) is 0 Å². The zero-order chi connectivity index (χ0) is 17.6. The molecule has 122 valence electrons. The monoisotopic (exact) mass is 330 g/mol. The zero-order valence-corrected chi connectivity index (χ0v) is 13.4. The molecule has 0 saturated carbocycles. The summed E-state index contributed by atoms with van der Waals surface area (Å²) in [6, 6.07) is 11.8. The number of rotatable bonds is 2.